The molecule has 1 atom stereocenters. The molecule has 0 unspecified atom stereocenters. The van der Waals surface area contributed by atoms with Crippen LogP contribution < -0.4 is 14.8 Å². The fraction of sp³-hybridized carbons (Fsp3) is 0.435. The van der Waals surface area contributed by atoms with E-state index in [-0.39, 0.29) is 11.9 Å². The smallest absolute Gasteiger partial charge is 0.251 e. The van der Waals surface area contributed by atoms with Crippen LogP contribution in [0, 0.1) is 0 Å². The summed E-state index contributed by atoms with van der Waals surface area (Å²) >= 11 is 0. The highest BCUT2D eigenvalue weighted by Gasteiger charge is 2.24. The molecule has 0 radical (unpaired) electrons. The van der Waals surface area contributed by atoms with Crippen LogP contribution in [0.4, 0.5) is 0 Å². The normalized spacial score (nSPS) is 15.2. The molecule has 28 heavy (non-hydrogen) atoms. The van der Waals surface area contributed by atoms with Gasteiger partial charge in [0.2, 0.25) is 0 Å². The Labute approximate surface area is 167 Å². The molecule has 1 aliphatic rings. The van der Waals surface area contributed by atoms with Crippen molar-refractivity contribution in [1.82, 2.24) is 10.2 Å². The van der Waals surface area contributed by atoms with Crippen LogP contribution in [-0.2, 0) is 0 Å². The van der Waals surface area contributed by atoms with Crippen LogP contribution >= 0.6 is 0 Å². The Morgan fingerprint density at radius 3 is 2.29 bits per heavy atom. The monoisotopic (exact) mass is 382 g/mol. The molecule has 5 nitrogen and oxygen atoms in total. The first-order chi connectivity index (χ1) is 13.7. The Hall–Kier alpha value is -2.53. The third-order valence-electron chi connectivity index (χ3n) is 5.13. The highest BCUT2D eigenvalue weighted by molar-refractivity contribution is 5.94. The third-order valence-corrected chi connectivity index (χ3v) is 5.13. The molecule has 1 saturated heterocycles. The maximum Gasteiger partial charge on any atom is 0.251 e. The first-order valence-electron chi connectivity index (χ1n) is 10.1. The molecule has 0 bridgehead atoms. The van der Waals surface area contributed by atoms with Crippen molar-refractivity contribution in [3.05, 3.63) is 59.7 Å². The lowest BCUT2D eigenvalue weighted by Gasteiger charge is -2.28. The van der Waals surface area contributed by atoms with E-state index < -0.39 is 0 Å². The first-order valence-corrected chi connectivity index (χ1v) is 10.1. The highest BCUT2D eigenvalue weighted by atomic mass is 16.5. The Morgan fingerprint density at radius 2 is 1.68 bits per heavy atom. The third kappa shape index (κ3) is 5.26. The van der Waals surface area contributed by atoms with E-state index in [4.69, 9.17) is 9.47 Å². The summed E-state index contributed by atoms with van der Waals surface area (Å²) in [5.41, 5.74) is 1.85. The number of hydrogen-bond acceptors (Lipinski definition) is 4. The molecular formula is C23H30N2O3. The largest absolute Gasteiger partial charge is 0.497 e. The van der Waals surface area contributed by atoms with Crippen molar-refractivity contribution in [2.24, 2.45) is 0 Å². The van der Waals surface area contributed by atoms with Gasteiger partial charge in [-0.1, -0.05) is 19.1 Å². The second kappa shape index (κ2) is 10.1. The number of benzene rings is 2. The van der Waals surface area contributed by atoms with Crippen LogP contribution in [0.15, 0.2) is 48.5 Å². The summed E-state index contributed by atoms with van der Waals surface area (Å²) in [6.07, 6.45) is 3.38. The summed E-state index contributed by atoms with van der Waals surface area (Å²) in [5.74, 6) is 1.59. The number of rotatable bonds is 9. The average Bonchev–Trinajstić information content (AvgIpc) is 3.27. The maximum absolute atomic E-state index is 12.6. The molecule has 0 saturated carbocycles. The Balaban J connectivity index is 1.64. The van der Waals surface area contributed by atoms with Gasteiger partial charge >= 0.3 is 0 Å². The van der Waals surface area contributed by atoms with Gasteiger partial charge in [-0.15, -0.1) is 0 Å². The number of nitrogens with one attached hydrogen (secondary N) is 1. The van der Waals surface area contributed by atoms with Gasteiger partial charge in [-0.05, 0) is 74.3 Å². The zero-order chi connectivity index (χ0) is 19.8. The molecule has 3 rings (SSSR count). The number of hydrogen-bond donors (Lipinski definition) is 1. The molecule has 1 fully saturated rings. The number of carbonyl (C=O) groups is 1. The van der Waals surface area contributed by atoms with Crippen LogP contribution in [0.2, 0.25) is 0 Å². The molecule has 1 aliphatic heterocycles. The standard InChI is InChI=1S/C23H30N2O3/c1-3-16-28-21-12-8-19(9-13-21)23(26)24-17-22(25-14-4-5-15-25)18-6-10-20(27-2)11-7-18/h6-13,22H,3-5,14-17H2,1-2H3,(H,24,26)/t22-/m0/s1. The summed E-state index contributed by atoms with van der Waals surface area (Å²) in [6, 6.07) is 15.7. The van der Waals surface area contributed by atoms with Gasteiger partial charge in [-0.3, -0.25) is 9.69 Å². The van der Waals surface area contributed by atoms with Crippen molar-refractivity contribution in [3.8, 4) is 11.5 Å². The van der Waals surface area contributed by atoms with E-state index in [9.17, 15) is 4.79 Å². The van der Waals surface area contributed by atoms with Gasteiger partial charge in [0.05, 0.1) is 19.8 Å². The number of nitrogens with zero attached hydrogens (tertiary/aromatic N) is 1. The highest BCUT2D eigenvalue weighted by Crippen LogP contribution is 2.26. The predicted octanol–water partition coefficient (Wildman–Crippen LogP) is 4.05. The molecule has 0 spiro atoms. The topological polar surface area (TPSA) is 50.8 Å². The van der Waals surface area contributed by atoms with Crippen molar-refractivity contribution in [2.45, 2.75) is 32.2 Å². The number of ether oxygens (including phenoxy) is 2. The molecule has 1 N–H and O–H groups in total. The molecule has 2 aromatic rings. The van der Waals surface area contributed by atoms with E-state index in [1.165, 1.54) is 18.4 Å². The second-order valence-electron chi connectivity index (χ2n) is 7.11. The minimum atomic E-state index is -0.0558. The maximum atomic E-state index is 12.6. The van der Waals surface area contributed by atoms with E-state index in [0.29, 0.717) is 18.7 Å². The molecule has 150 valence electrons. The van der Waals surface area contributed by atoms with E-state index in [1.807, 2.05) is 36.4 Å². The number of amides is 1. The van der Waals surface area contributed by atoms with E-state index in [1.54, 1.807) is 7.11 Å². The molecule has 0 aliphatic carbocycles. The van der Waals surface area contributed by atoms with Gasteiger partial charge < -0.3 is 14.8 Å². The molecule has 1 amide bonds. The van der Waals surface area contributed by atoms with Crippen molar-refractivity contribution in [2.75, 3.05) is 33.4 Å². The van der Waals surface area contributed by atoms with Gasteiger partial charge in [-0.2, -0.15) is 0 Å². The van der Waals surface area contributed by atoms with E-state index >= 15 is 0 Å². The van der Waals surface area contributed by atoms with Gasteiger partial charge in [0.25, 0.3) is 5.91 Å². The molecule has 2 aromatic carbocycles. The minimum absolute atomic E-state index is 0.0558. The van der Waals surface area contributed by atoms with Gasteiger partial charge in [0.1, 0.15) is 11.5 Å². The van der Waals surface area contributed by atoms with Gasteiger partial charge in [0.15, 0.2) is 0 Å². The Kier molecular flexibility index (Phi) is 7.31. The Bertz CT molecular complexity index is 737. The molecule has 5 heteroatoms. The van der Waals surface area contributed by atoms with Crippen molar-refractivity contribution in [1.29, 1.82) is 0 Å². The molecule has 0 aromatic heterocycles. The lowest BCUT2D eigenvalue weighted by Crippen LogP contribution is -2.36. The van der Waals surface area contributed by atoms with E-state index in [2.05, 4.69) is 29.3 Å². The van der Waals surface area contributed by atoms with Crippen LogP contribution in [0.3, 0.4) is 0 Å². The molecule has 1 heterocycles. The summed E-state index contributed by atoms with van der Waals surface area (Å²) in [6.45, 7) is 5.47. The van der Waals surface area contributed by atoms with Crippen LogP contribution in [0.5, 0.6) is 11.5 Å². The van der Waals surface area contributed by atoms with Crippen LogP contribution in [0.25, 0.3) is 0 Å². The number of methoxy groups -OCH3 is 1. The zero-order valence-corrected chi connectivity index (χ0v) is 16.8. The lowest BCUT2D eigenvalue weighted by molar-refractivity contribution is 0.0938. The van der Waals surface area contributed by atoms with Crippen molar-refractivity contribution < 1.29 is 14.3 Å². The molecular weight excluding hydrogens is 352 g/mol. The predicted molar refractivity (Wildman–Crippen MR) is 111 cm³/mol. The number of carbonyl (C=O) groups excluding carboxylic acids is 1. The minimum Gasteiger partial charge on any atom is -0.497 e. The van der Waals surface area contributed by atoms with Crippen LogP contribution in [0.1, 0.15) is 48.1 Å². The zero-order valence-electron chi connectivity index (χ0n) is 16.8. The van der Waals surface area contributed by atoms with Crippen molar-refractivity contribution >= 4 is 5.91 Å². The van der Waals surface area contributed by atoms with Crippen molar-refractivity contribution in [3.63, 3.8) is 0 Å². The second-order valence-corrected chi connectivity index (χ2v) is 7.11. The lowest BCUT2D eigenvalue weighted by atomic mass is 10.0. The fourth-order valence-corrected chi connectivity index (χ4v) is 3.55. The van der Waals surface area contributed by atoms with E-state index in [0.717, 1.165) is 31.0 Å². The van der Waals surface area contributed by atoms with Gasteiger partial charge in [0, 0.05) is 12.1 Å². The Morgan fingerprint density at radius 1 is 1.04 bits per heavy atom. The summed E-state index contributed by atoms with van der Waals surface area (Å²) in [7, 11) is 1.67. The van der Waals surface area contributed by atoms with Crippen LogP contribution in [-0.4, -0.2) is 44.2 Å². The summed E-state index contributed by atoms with van der Waals surface area (Å²) in [4.78, 5) is 15.1. The summed E-state index contributed by atoms with van der Waals surface area (Å²) < 4.78 is 10.9. The summed E-state index contributed by atoms with van der Waals surface area (Å²) in [5, 5.41) is 3.11. The van der Waals surface area contributed by atoms with Gasteiger partial charge in [-0.25, -0.2) is 0 Å². The SMILES string of the molecule is CCCOc1ccc(C(=O)NC[C@@H](c2ccc(OC)cc2)N2CCCC2)cc1. The fourth-order valence-electron chi connectivity index (χ4n) is 3.55. The first kappa shape index (κ1) is 20.2. The quantitative estimate of drug-likeness (QED) is 0.711. The average molecular weight is 383 g/mol. The number of likely N-dealkylation sites (tertiary alicyclic amines) is 1.